The number of carbonyl (C=O) groups excluding carboxylic acids is 1. The van der Waals surface area contributed by atoms with Gasteiger partial charge in [0.1, 0.15) is 0 Å². The lowest BCUT2D eigenvalue weighted by Crippen LogP contribution is -2.22. The molecule has 3 aromatic carbocycles. The molecule has 1 amide bonds. The maximum Gasteiger partial charge on any atom is 0.337 e. The summed E-state index contributed by atoms with van der Waals surface area (Å²) >= 11 is 7.12. The highest BCUT2D eigenvalue weighted by atomic mass is 35.5. The van der Waals surface area contributed by atoms with Gasteiger partial charge in [0.25, 0.3) is 10.0 Å². The van der Waals surface area contributed by atoms with E-state index in [0.29, 0.717) is 11.4 Å². The third-order valence-electron chi connectivity index (χ3n) is 4.31. The van der Waals surface area contributed by atoms with Crippen molar-refractivity contribution in [3.8, 4) is 0 Å². The second-order valence-corrected chi connectivity index (χ2v) is 10.2. The molecule has 0 fully saturated rings. The molecule has 1 atom stereocenters. The van der Waals surface area contributed by atoms with Crippen LogP contribution in [0.4, 0.5) is 11.4 Å². The van der Waals surface area contributed by atoms with Crippen LogP contribution in [0.5, 0.6) is 0 Å². The zero-order chi connectivity index (χ0) is 23.3. The van der Waals surface area contributed by atoms with Gasteiger partial charge >= 0.3 is 5.97 Å². The maximum atomic E-state index is 12.5. The number of carboxylic acid groups (broad SMARTS) is 1. The summed E-state index contributed by atoms with van der Waals surface area (Å²) in [7, 11) is -3.68. The summed E-state index contributed by atoms with van der Waals surface area (Å²) in [5, 5.41) is 11.4. The normalized spacial score (nSPS) is 12.1. The first-order valence-electron chi connectivity index (χ1n) is 9.34. The van der Waals surface area contributed by atoms with E-state index < -0.39 is 21.2 Å². The van der Waals surface area contributed by atoms with Crippen LogP contribution >= 0.6 is 23.4 Å². The average Bonchev–Trinajstić information content (AvgIpc) is 2.76. The van der Waals surface area contributed by atoms with Gasteiger partial charge in [0.05, 0.1) is 20.7 Å². The molecule has 0 saturated carbocycles. The number of halogens is 1. The summed E-state index contributed by atoms with van der Waals surface area (Å²) in [6.45, 7) is 1.71. The Morgan fingerprint density at radius 1 is 0.969 bits per heavy atom. The summed E-state index contributed by atoms with van der Waals surface area (Å²) in [5.74, 6) is -1.50. The zero-order valence-electron chi connectivity index (χ0n) is 16.8. The van der Waals surface area contributed by atoms with E-state index >= 15 is 0 Å². The van der Waals surface area contributed by atoms with Crippen molar-refractivity contribution >= 4 is 56.6 Å². The van der Waals surface area contributed by atoms with Gasteiger partial charge in [-0.25, -0.2) is 13.2 Å². The molecule has 0 saturated heterocycles. The first kappa shape index (κ1) is 23.6. The lowest BCUT2D eigenvalue weighted by molar-refractivity contribution is -0.115. The Morgan fingerprint density at radius 3 is 2.22 bits per heavy atom. The molecule has 0 heterocycles. The molecular weight excluding hydrogens is 472 g/mol. The molecule has 32 heavy (non-hydrogen) atoms. The van der Waals surface area contributed by atoms with Gasteiger partial charge in [0.15, 0.2) is 0 Å². The van der Waals surface area contributed by atoms with Gasteiger partial charge in [-0.1, -0.05) is 29.8 Å². The highest BCUT2D eigenvalue weighted by Crippen LogP contribution is 2.27. The zero-order valence-corrected chi connectivity index (χ0v) is 19.2. The molecule has 0 aromatic heterocycles. The van der Waals surface area contributed by atoms with Gasteiger partial charge in [0.2, 0.25) is 5.91 Å². The SMILES string of the molecule is CC(Sc1ccc(NS(=O)(=O)c2ccccc2)cc1)C(=O)Nc1ccc(Cl)c(C(=O)O)c1. The van der Waals surface area contributed by atoms with Crippen LogP contribution in [0.25, 0.3) is 0 Å². The molecule has 0 aliphatic rings. The molecule has 0 spiro atoms. The monoisotopic (exact) mass is 490 g/mol. The fourth-order valence-electron chi connectivity index (χ4n) is 2.68. The Kier molecular flexibility index (Phi) is 7.44. The maximum absolute atomic E-state index is 12.5. The van der Waals surface area contributed by atoms with Crippen LogP contribution in [-0.4, -0.2) is 30.7 Å². The summed E-state index contributed by atoms with van der Waals surface area (Å²) in [6, 6.07) is 18.9. The van der Waals surface area contributed by atoms with Crippen LogP contribution in [0.15, 0.2) is 82.6 Å². The number of benzene rings is 3. The van der Waals surface area contributed by atoms with Crippen molar-refractivity contribution < 1.29 is 23.1 Å². The van der Waals surface area contributed by atoms with Crippen LogP contribution in [0.2, 0.25) is 5.02 Å². The van der Waals surface area contributed by atoms with E-state index in [2.05, 4.69) is 10.0 Å². The van der Waals surface area contributed by atoms with Gasteiger partial charge in [-0.2, -0.15) is 0 Å². The van der Waals surface area contributed by atoms with Crippen LogP contribution in [0.1, 0.15) is 17.3 Å². The summed E-state index contributed by atoms with van der Waals surface area (Å²) in [6.07, 6.45) is 0. The summed E-state index contributed by atoms with van der Waals surface area (Å²) in [5.41, 5.74) is 0.630. The predicted molar refractivity (Wildman–Crippen MR) is 126 cm³/mol. The van der Waals surface area contributed by atoms with Crippen molar-refractivity contribution in [2.24, 2.45) is 0 Å². The van der Waals surface area contributed by atoms with E-state index in [1.54, 1.807) is 49.4 Å². The third-order valence-corrected chi connectivity index (χ3v) is 7.15. The fourth-order valence-corrected chi connectivity index (χ4v) is 4.83. The third kappa shape index (κ3) is 6.03. The van der Waals surface area contributed by atoms with E-state index in [9.17, 15) is 18.0 Å². The number of hydrogen-bond acceptors (Lipinski definition) is 5. The lowest BCUT2D eigenvalue weighted by Gasteiger charge is -2.13. The van der Waals surface area contributed by atoms with Crippen molar-refractivity contribution in [3.05, 3.63) is 83.4 Å². The van der Waals surface area contributed by atoms with E-state index in [-0.39, 0.29) is 21.4 Å². The van der Waals surface area contributed by atoms with Gasteiger partial charge in [-0.3, -0.25) is 9.52 Å². The standard InChI is InChI=1S/C22H19ClN2O5S2/c1-14(21(26)24-16-9-12-20(23)19(13-16)22(27)28)31-17-10-7-15(8-11-17)25-32(29,30)18-5-3-2-4-6-18/h2-14,25H,1H3,(H,24,26)(H,27,28). The molecule has 0 bridgehead atoms. The molecule has 166 valence electrons. The largest absolute Gasteiger partial charge is 0.478 e. The minimum atomic E-state index is -3.68. The molecular formula is C22H19ClN2O5S2. The van der Waals surface area contributed by atoms with Crippen LogP contribution in [-0.2, 0) is 14.8 Å². The number of aromatic carboxylic acids is 1. The number of anilines is 2. The summed E-state index contributed by atoms with van der Waals surface area (Å²) in [4.78, 5) is 24.6. The van der Waals surface area contributed by atoms with Crippen LogP contribution < -0.4 is 10.0 Å². The molecule has 10 heteroatoms. The second kappa shape index (κ2) is 10.1. The highest BCUT2D eigenvalue weighted by molar-refractivity contribution is 8.00. The van der Waals surface area contributed by atoms with Gasteiger partial charge in [-0.05, 0) is 61.5 Å². The molecule has 0 aliphatic heterocycles. The quantitative estimate of drug-likeness (QED) is 0.385. The first-order valence-corrected chi connectivity index (χ1v) is 12.1. The molecule has 3 rings (SSSR count). The van der Waals surface area contributed by atoms with E-state index in [1.807, 2.05) is 0 Å². The minimum Gasteiger partial charge on any atom is -0.478 e. The Morgan fingerprint density at radius 2 is 1.59 bits per heavy atom. The number of sulfonamides is 1. The van der Waals surface area contributed by atoms with Crippen molar-refractivity contribution in [1.29, 1.82) is 0 Å². The van der Waals surface area contributed by atoms with Crippen LogP contribution in [0, 0.1) is 0 Å². The number of hydrogen-bond donors (Lipinski definition) is 3. The second-order valence-electron chi connectivity index (χ2n) is 6.69. The molecule has 3 N–H and O–H groups in total. The van der Waals surface area contributed by atoms with Crippen molar-refractivity contribution in [1.82, 2.24) is 0 Å². The molecule has 0 aliphatic carbocycles. The molecule has 3 aromatic rings. The Bertz CT molecular complexity index is 1230. The average molecular weight is 491 g/mol. The van der Waals surface area contributed by atoms with Crippen LogP contribution in [0.3, 0.4) is 0 Å². The fraction of sp³-hybridized carbons (Fsp3) is 0.0909. The van der Waals surface area contributed by atoms with E-state index in [4.69, 9.17) is 16.7 Å². The highest BCUT2D eigenvalue weighted by Gasteiger charge is 2.17. The number of carboxylic acids is 1. The number of thioether (sulfide) groups is 1. The number of nitrogens with one attached hydrogen (secondary N) is 2. The van der Waals surface area contributed by atoms with Crippen molar-refractivity contribution in [2.45, 2.75) is 22.0 Å². The lowest BCUT2D eigenvalue weighted by atomic mass is 10.2. The molecule has 7 nitrogen and oxygen atoms in total. The smallest absolute Gasteiger partial charge is 0.337 e. The van der Waals surface area contributed by atoms with E-state index in [0.717, 1.165) is 4.90 Å². The van der Waals surface area contributed by atoms with E-state index in [1.165, 1.54) is 42.1 Å². The van der Waals surface area contributed by atoms with Gasteiger partial charge in [0, 0.05) is 16.3 Å². The Balaban J connectivity index is 1.62. The molecule has 0 radical (unpaired) electrons. The number of amides is 1. The van der Waals surface area contributed by atoms with Crippen molar-refractivity contribution in [3.63, 3.8) is 0 Å². The minimum absolute atomic E-state index is 0.0842. The number of carbonyl (C=O) groups is 2. The van der Waals surface area contributed by atoms with Gasteiger partial charge in [-0.15, -0.1) is 11.8 Å². The van der Waals surface area contributed by atoms with Crippen molar-refractivity contribution in [2.75, 3.05) is 10.0 Å². The molecule has 1 unspecified atom stereocenters. The topological polar surface area (TPSA) is 113 Å². The Hall–Kier alpha value is -3.01. The summed E-state index contributed by atoms with van der Waals surface area (Å²) < 4.78 is 27.3. The number of rotatable bonds is 8. The predicted octanol–water partition coefficient (Wildman–Crippen LogP) is 4.96. The van der Waals surface area contributed by atoms with Gasteiger partial charge < -0.3 is 10.4 Å². The first-order chi connectivity index (χ1) is 15.2. The Labute approximate surface area is 194 Å².